The number of nitrogens with zero attached hydrogens (tertiary/aromatic N) is 1. The molecule has 1 aliphatic rings. The van der Waals surface area contributed by atoms with E-state index in [4.69, 9.17) is 0 Å². The topological polar surface area (TPSA) is 15.3 Å². The predicted molar refractivity (Wildman–Crippen MR) is 63.0 cm³/mol. The molecule has 0 spiro atoms. The highest BCUT2D eigenvalue weighted by molar-refractivity contribution is 4.81. The van der Waals surface area contributed by atoms with Crippen molar-refractivity contribution in [2.75, 3.05) is 19.6 Å². The van der Waals surface area contributed by atoms with E-state index < -0.39 is 12.6 Å². The van der Waals surface area contributed by atoms with Crippen LogP contribution in [-0.2, 0) is 0 Å². The molecular weight excluding hydrogens is 229 g/mol. The van der Waals surface area contributed by atoms with E-state index >= 15 is 0 Å². The highest BCUT2D eigenvalue weighted by Crippen LogP contribution is 2.21. The average Bonchev–Trinajstić information content (AvgIpc) is 2.38. The van der Waals surface area contributed by atoms with Gasteiger partial charge < -0.3 is 5.32 Å². The third kappa shape index (κ3) is 5.73. The van der Waals surface area contributed by atoms with Gasteiger partial charge in [0.25, 0.3) is 0 Å². The van der Waals surface area contributed by atoms with Crippen molar-refractivity contribution < 1.29 is 13.2 Å². The standard InChI is InChI=1S/C12H23F3N2/c1-3-4-11-9-17(8-6-12(13,14)15)10(2)5-7-16-11/h10-11,16H,3-9H2,1-2H3. The molecule has 2 atom stereocenters. The van der Waals surface area contributed by atoms with Crippen LogP contribution in [-0.4, -0.2) is 42.8 Å². The Kier molecular flexibility index (Phi) is 5.73. The SMILES string of the molecule is CCCC1CN(CCC(F)(F)F)C(C)CCN1. The molecule has 0 aromatic carbocycles. The zero-order valence-electron chi connectivity index (χ0n) is 10.7. The van der Waals surface area contributed by atoms with Gasteiger partial charge in [-0.15, -0.1) is 0 Å². The van der Waals surface area contributed by atoms with Gasteiger partial charge in [0.15, 0.2) is 0 Å². The first-order valence-electron chi connectivity index (χ1n) is 6.46. The van der Waals surface area contributed by atoms with E-state index in [1.807, 2.05) is 11.8 Å². The smallest absolute Gasteiger partial charge is 0.313 e. The van der Waals surface area contributed by atoms with E-state index in [0.29, 0.717) is 6.04 Å². The fourth-order valence-electron chi connectivity index (χ4n) is 2.33. The second-order valence-corrected chi connectivity index (χ2v) is 4.94. The first kappa shape index (κ1) is 14.8. The average molecular weight is 252 g/mol. The van der Waals surface area contributed by atoms with Crippen LogP contribution in [0.4, 0.5) is 13.2 Å². The summed E-state index contributed by atoms with van der Waals surface area (Å²) in [4.78, 5) is 1.98. The maximum atomic E-state index is 12.2. The zero-order chi connectivity index (χ0) is 12.9. The Labute approximate surface area is 102 Å². The Morgan fingerprint density at radius 3 is 2.65 bits per heavy atom. The molecule has 2 nitrogen and oxygen atoms in total. The van der Waals surface area contributed by atoms with E-state index in [1.165, 1.54) is 0 Å². The van der Waals surface area contributed by atoms with Crippen LogP contribution in [0, 0.1) is 0 Å². The molecule has 0 amide bonds. The van der Waals surface area contributed by atoms with Crippen LogP contribution < -0.4 is 5.32 Å². The van der Waals surface area contributed by atoms with Crippen LogP contribution in [0.3, 0.4) is 0 Å². The molecule has 102 valence electrons. The van der Waals surface area contributed by atoms with Gasteiger partial charge in [0.2, 0.25) is 0 Å². The van der Waals surface area contributed by atoms with E-state index in [1.54, 1.807) is 0 Å². The lowest BCUT2D eigenvalue weighted by molar-refractivity contribution is -0.139. The van der Waals surface area contributed by atoms with E-state index in [9.17, 15) is 13.2 Å². The normalized spacial score (nSPS) is 28.1. The number of hydrogen-bond acceptors (Lipinski definition) is 2. The number of alkyl halides is 3. The number of hydrogen-bond donors (Lipinski definition) is 1. The van der Waals surface area contributed by atoms with Crippen LogP contribution in [0.2, 0.25) is 0 Å². The van der Waals surface area contributed by atoms with Crippen molar-refractivity contribution in [2.24, 2.45) is 0 Å². The number of rotatable bonds is 4. The third-order valence-electron chi connectivity index (χ3n) is 3.39. The molecule has 17 heavy (non-hydrogen) atoms. The Balaban J connectivity index is 2.47. The molecule has 1 rings (SSSR count). The lowest BCUT2D eigenvalue weighted by Crippen LogP contribution is -2.41. The minimum Gasteiger partial charge on any atom is -0.313 e. The second-order valence-electron chi connectivity index (χ2n) is 4.94. The van der Waals surface area contributed by atoms with Gasteiger partial charge in [0.05, 0.1) is 6.42 Å². The van der Waals surface area contributed by atoms with E-state index in [2.05, 4.69) is 12.2 Å². The van der Waals surface area contributed by atoms with Crippen molar-refractivity contribution >= 4 is 0 Å². The summed E-state index contributed by atoms with van der Waals surface area (Å²) in [6.07, 6.45) is -1.71. The van der Waals surface area contributed by atoms with Crippen molar-refractivity contribution in [3.8, 4) is 0 Å². The Morgan fingerprint density at radius 1 is 1.35 bits per heavy atom. The Bertz CT molecular complexity index is 218. The van der Waals surface area contributed by atoms with Crippen LogP contribution in [0.1, 0.15) is 39.5 Å². The van der Waals surface area contributed by atoms with Crippen molar-refractivity contribution in [2.45, 2.75) is 57.8 Å². The van der Waals surface area contributed by atoms with Gasteiger partial charge in [-0.3, -0.25) is 4.90 Å². The first-order chi connectivity index (χ1) is 7.92. The molecule has 0 bridgehead atoms. The molecule has 0 aromatic rings. The van der Waals surface area contributed by atoms with Crippen molar-refractivity contribution in [3.63, 3.8) is 0 Å². The molecule has 1 heterocycles. The molecule has 0 radical (unpaired) electrons. The van der Waals surface area contributed by atoms with Gasteiger partial charge >= 0.3 is 6.18 Å². The summed E-state index contributed by atoms with van der Waals surface area (Å²) >= 11 is 0. The fraction of sp³-hybridized carbons (Fsp3) is 1.00. The molecular formula is C12H23F3N2. The molecule has 0 saturated carbocycles. The monoisotopic (exact) mass is 252 g/mol. The van der Waals surface area contributed by atoms with Gasteiger partial charge in [-0.2, -0.15) is 13.2 Å². The van der Waals surface area contributed by atoms with Crippen LogP contribution in [0.5, 0.6) is 0 Å². The molecule has 1 aliphatic heterocycles. The summed E-state index contributed by atoms with van der Waals surface area (Å²) in [7, 11) is 0. The maximum absolute atomic E-state index is 12.2. The highest BCUT2D eigenvalue weighted by atomic mass is 19.4. The lowest BCUT2D eigenvalue weighted by Gasteiger charge is -2.29. The van der Waals surface area contributed by atoms with Gasteiger partial charge in [-0.05, 0) is 26.3 Å². The maximum Gasteiger partial charge on any atom is 0.390 e. The minimum absolute atomic E-state index is 0.132. The van der Waals surface area contributed by atoms with Gasteiger partial charge in [-0.1, -0.05) is 13.3 Å². The zero-order valence-corrected chi connectivity index (χ0v) is 10.7. The largest absolute Gasteiger partial charge is 0.390 e. The lowest BCUT2D eigenvalue weighted by atomic mass is 10.1. The molecule has 1 fully saturated rings. The van der Waals surface area contributed by atoms with Crippen LogP contribution in [0.15, 0.2) is 0 Å². The Morgan fingerprint density at radius 2 is 2.06 bits per heavy atom. The molecule has 1 N–H and O–H groups in total. The fourth-order valence-corrected chi connectivity index (χ4v) is 2.33. The van der Waals surface area contributed by atoms with Crippen molar-refractivity contribution in [1.82, 2.24) is 10.2 Å². The summed E-state index contributed by atoms with van der Waals surface area (Å²) < 4.78 is 36.7. The van der Waals surface area contributed by atoms with Crippen LogP contribution >= 0.6 is 0 Å². The van der Waals surface area contributed by atoms with E-state index in [-0.39, 0.29) is 12.6 Å². The summed E-state index contributed by atoms with van der Waals surface area (Å²) in [6.45, 7) is 5.91. The van der Waals surface area contributed by atoms with Crippen molar-refractivity contribution in [1.29, 1.82) is 0 Å². The molecule has 5 heteroatoms. The quantitative estimate of drug-likeness (QED) is 0.827. The van der Waals surface area contributed by atoms with Gasteiger partial charge in [-0.25, -0.2) is 0 Å². The number of halogens is 3. The molecule has 1 saturated heterocycles. The van der Waals surface area contributed by atoms with Crippen LogP contribution in [0.25, 0.3) is 0 Å². The summed E-state index contributed by atoms with van der Waals surface area (Å²) in [6, 6.07) is 0.588. The second kappa shape index (κ2) is 6.59. The van der Waals surface area contributed by atoms with Crippen molar-refractivity contribution in [3.05, 3.63) is 0 Å². The van der Waals surface area contributed by atoms with Gasteiger partial charge in [0, 0.05) is 25.2 Å². The molecule has 0 aliphatic carbocycles. The van der Waals surface area contributed by atoms with Gasteiger partial charge in [0.1, 0.15) is 0 Å². The third-order valence-corrected chi connectivity index (χ3v) is 3.39. The molecule has 0 aromatic heterocycles. The number of nitrogens with one attached hydrogen (secondary N) is 1. The summed E-state index contributed by atoms with van der Waals surface area (Å²) in [5.74, 6) is 0. The first-order valence-corrected chi connectivity index (χ1v) is 6.46. The summed E-state index contributed by atoms with van der Waals surface area (Å²) in [5, 5.41) is 3.42. The predicted octanol–water partition coefficient (Wildman–Crippen LogP) is 2.79. The Hall–Kier alpha value is -0.290. The molecule has 2 unspecified atom stereocenters. The summed E-state index contributed by atoms with van der Waals surface area (Å²) in [5.41, 5.74) is 0. The minimum atomic E-state index is -4.04. The highest BCUT2D eigenvalue weighted by Gasteiger charge is 2.30. The van der Waals surface area contributed by atoms with E-state index in [0.717, 1.165) is 32.4 Å².